The van der Waals surface area contributed by atoms with Crippen LogP contribution in [0.2, 0.25) is 0 Å². The number of amides is 3. The lowest BCUT2D eigenvalue weighted by Crippen LogP contribution is -2.56. The molecule has 0 rings (SSSR count). The van der Waals surface area contributed by atoms with Crippen molar-refractivity contribution in [2.75, 3.05) is 13.1 Å². The number of unbranched alkanes of at least 4 members (excludes halogenated alkanes) is 1. The van der Waals surface area contributed by atoms with E-state index in [9.17, 15) is 24.0 Å². The fourth-order valence-electron chi connectivity index (χ4n) is 2.05. The standard InChI is InChI=1S/C15H27N5O7/c1-8(15(26)27)18-13(24)9(4-2-3-5-16)20-14(25)10(6-12(22)23)19-11(21)7-17/h8-10H,2-7,16-17H2,1H3,(H,18,24)(H,19,21)(H,20,25)(H,22,23)(H,26,27). The lowest BCUT2D eigenvalue weighted by atomic mass is 10.1. The maximum absolute atomic E-state index is 12.3. The molecule has 0 aliphatic heterocycles. The van der Waals surface area contributed by atoms with Crippen LogP contribution < -0.4 is 27.4 Å². The molecular formula is C15H27N5O7. The fraction of sp³-hybridized carbons (Fsp3) is 0.667. The van der Waals surface area contributed by atoms with Crippen LogP contribution in [0, 0.1) is 0 Å². The minimum Gasteiger partial charge on any atom is -0.481 e. The van der Waals surface area contributed by atoms with Gasteiger partial charge in [-0.2, -0.15) is 0 Å². The Labute approximate surface area is 156 Å². The molecule has 27 heavy (non-hydrogen) atoms. The van der Waals surface area contributed by atoms with Crippen LogP contribution in [0.25, 0.3) is 0 Å². The van der Waals surface area contributed by atoms with E-state index in [2.05, 4.69) is 16.0 Å². The highest BCUT2D eigenvalue weighted by atomic mass is 16.4. The summed E-state index contributed by atoms with van der Waals surface area (Å²) in [5, 5.41) is 24.5. The Morgan fingerprint density at radius 3 is 1.96 bits per heavy atom. The van der Waals surface area contributed by atoms with E-state index < -0.39 is 60.8 Å². The van der Waals surface area contributed by atoms with Crippen LogP contribution in [-0.2, 0) is 24.0 Å². The minimum atomic E-state index is -1.43. The molecule has 0 aliphatic rings. The monoisotopic (exact) mass is 389 g/mol. The van der Waals surface area contributed by atoms with Gasteiger partial charge in [0.2, 0.25) is 17.7 Å². The van der Waals surface area contributed by atoms with Crippen molar-refractivity contribution in [3.8, 4) is 0 Å². The van der Waals surface area contributed by atoms with Gasteiger partial charge in [0.05, 0.1) is 13.0 Å². The first-order valence-corrected chi connectivity index (χ1v) is 8.37. The molecule has 0 aromatic carbocycles. The number of hydrogen-bond acceptors (Lipinski definition) is 7. The van der Waals surface area contributed by atoms with E-state index in [4.69, 9.17) is 21.7 Å². The lowest BCUT2D eigenvalue weighted by Gasteiger charge is -2.23. The average molecular weight is 389 g/mol. The van der Waals surface area contributed by atoms with Gasteiger partial charge in [0.15, 0.2) is 0 Å². The van der Waals surface area contributed by atoms with Gasteiger partial charge in [-0.25, -0.2) is 0 Å². The van der Waals surface area contributed by atoms with Gasteiger partial charge in [-0.15, -0.1) is 0 Å². The minimum absolute atomic E-state index is 0.158. The van der Waals surface area contributed by atoms with E-state index >= 15 is 0 Å². The maximum atomic E-state index is 12.3. The number of aliphatic carboxylic acids is 2. The molecule has 0 saturated heterocycles. The summed E-state index contributed by atoms with van der Waals surface area (Å²) in [4.78, 5) is 57.8. The van der Waals surface area contributed by atoms with Gasteiger partial charge in [-0.3, -0.25) is 24.0 Å². The number of carbonyl (C=O) groups is 5. The first kappa shape index (κ1) is 24.3. The predicted molar refractivity (Wildman–Crippen MR) is 93.3 cm³/mol. The Bertz CT molecular complexity index is 555. The summed E-state index contributed by atoms with van der Waals surface area (Å²) < 4.78 is 0. The number of carboxylic acids is 2. The SMILES string of the molecule is CC(NC(=O)C(CCCCN)NC(=O)C(CC(=O)O)NC(=O)CN)C(=O)O. The number of nitrogens with two attached hydrogens (primary N) is 2. The normalized spacial score (nSPS) is 13.7. The topological polar surface area (TPSA) is 214 Å². The first-order valence-electron chi connectivity index (χ1n) is 8.37. The summed E-state index contributed by atoms with van der Waals surface area (Å²) in [6.45, 7) is 1.18. The molecule has 0 heterocycles. The van der Waals surface area contributed by atoms with Crippen LogP contribution in [0.4, 0.5) is 0 Å². The third-order valence-electron chi connectivity index (χ3n) is 3.52. The molecular weight excluding hydrogens is 362 g/mol. The van der Waals surface area contributed by atoms with E-state index in [0.29, 0.717) is 19.4 Å². The van der Waals surface area contributed by atoms with Crippen molar-refractivity contribution in [1.82, 2.24) is 16.0 Å². The Morgan fingerprint density at radius 1 is 0.889 bits per heavy atom. The van der Waals surface area contributed by atoms with Crippen molar-refractivity contribution < 1.29 is 34.2 Å². The molecule has 3 unspecified atom stereocenters. The summed E-state index contributed by atoms with van der Waals surface area (Å²) in [5.41, 5.74) is 10.5. The molecule has 3 amide bonds. The number of rotatable bonds is 13. The summed E-state index contributed by atoms with van der Waals surface area (Å²) in [6, 6.07) is -3.73. The lowest BCUT2D eigenvalue weighted by molar-refractivity contribution is -0.142. The van der Waals surface area contributed by atoms with Crippen LogP contribution in [0.3, 0.4) is 0 Å². The highest BCUT2D eigenvalue weighted by molar-refractivity contribution is 5.95. The van der Waals surface area contributed by atoms with Gasteiger partial charge in [-0.05, 0) is 32.7 Å². The predicted octanol–water partition coefficient (Wildman–Crippen LogP) is -2.89. The van der Waals surface area contributed by atoms with Crippen LogP contribution in [-0.4, -0.2) is 71.1 Å². The van der Waals surface area contributed by atoms with Crippen LogP contribution in [0.1, 0.15) is 32.6 Å². The summed E-state index contributed by atoms with van der Waals surface area (Å²) >= 11 is 0. The molecule has 3 atom stereocenters. The van der Waals surface area contributed by atoms with Gasteiger partial charge in [0, 0.05) is 0 Å². The second-order valence-corrected chi connectivity index (χ2v) is 5.84. The average Bonchev–Trinajstić information content (AvgIpc) is 2.59. The molecule has 0 aromatic rings. The Balaban J connectivity index is 5.18. The van der Waals surface area contributed by atoms with Crippen molar-refractivity contribution in [2.24, 2.45) is 11.5 Å². The fourth-order valence-corrected chi connectivity index (χ4v) is 2.05. The van der Waals surface area contributed by atoms with E-state index in [1.807, 2.05) is 0 Å². The van der Waals surface area contributed by atoms with Crippen LogP contribution in [0.15, 0.2) is 0 Å². The van der Waals surface area contributed by atoms with Gasteiger partial charge in [-0.1, -0.05) is 0 Å². The summed E-state index contributed by atoms with van der Waals surface area (Å²) in [7, 11) is 0. The zero-order chi connectivity index (χ0) is 21.0. The largest absolute Gasteiger partial charge is 0.481 e. The molecule has 0 spiro atoms. The Kier molecular flexibility index (Phi) is 11.3. The molecule has 0 bridgehead atoms. The van der Waals surface area contributed by atoms with Crippen LogP contribution in [0.5, 0.6) is 0 Å². The zero-order valence-corrected chi connectivity index (χ0v) is 15.1. The van der Waals surface area contributed by atoms with E-state index in [1.54, 1.807) is 0 Å². The van der Waals surface area contributed by atoms with Crippen LogP contribution >= 0.6 is 0 Å². The second kappa shape index (κ2) is 12.6. The molecule has 0 aromatic heterocycles. The van der Waals surface area contributed by atoms with Gasteiger partial charge in [0.25, 0.3) is 0 Å². The number of carboxylic acid groups (broad SMARTS) is 2. The first-order chi connectivity index (χ1) is 12.6. The van der Waals surface area contributed by atoms with Gasteiger partial charge >= 0.3 is 11.9 Å². The summed E-state index contributed by atoms with van der Waals surface area (Å²) in [6.07, 6.45) is 0.484. The van der Waals surface area contributed by atoms with E-state index in [-0.39, 0.29) is 6.42 Å². The molecule has 12 nitrogen and oxygen atoms in total. The second-order valence-electron chi connectivity index (χ2n) is 5.84. The zero-order valence-electron chi connectivity index (χ0n) is 15.1. The number of carbonyl (C=O) groups excluding carboxylic acids is 3. The van der Waals surface area contributed by atoms with Gasteiger partial charge in [0.1, 0.15) is 18.1 Å². The van der Waals surface area contributed by atoms with E-state index in [1.165, 1.54) is 6.92 Å². The van der Waals surface area contributed by atoms with Gasteiger partial charge < -0.3 is 37.6 Å². The van der Waals surface area contributed by atoms with E-state index in [0.717, 1.165) is 0 Å². The molecule has 0 radical (unpaired) electrons. The third kappa shape index (κ3) is 10.1. The Morgan fingerprint density at radius 2 is 1.48 bits per heavy atom. The Hall–Kier alpha value is -2.73. The van der Waals surface area contributed by atoms with Crippen molar-refractivity contribution in [3.63, 3.8) is 0 Å². The molecule has 12 heteroatoms. The molecule has 9 N–H and O–H groups in total. The number of nitrogens with one attached hydrogen (secondary N) is 3. The highest BCUT2D eigenvalue weighted by Crippen LogP contribution is 2.04. The molecule has 0 fully saturated rings. The van der Waals surface area contributed by atoms with Crippen molar-refractivity contribution in [3.05, 3.63) is 0 Å². The molecule has 0 saturated carbocycles. The van der Waals surface area contributed by atoms with Crippen molar-refractivity contribution >= 4 is 29.7 Å². The van der Waals surface area contributed by atoms with Crippen molar-refractivity contribution in [1.29, 1.82) is 0 Å². The smallest absolute Gasteiger partial charge is 0.325 e. The highest BCUT2D eigenvalue weighted by Gasteiger charge is 2.29. The molecule has 0 aliphatic carbocycles. The van der Waals surface area contributed by atoms with Crippen molar-refractivity contribution in [2.45, 2.75) is 50.7 Å². The quantitative estimate of drug-likeness (QED) is 0.161. The number of hydrogen-bond donors (Lipinski definition) is 7. The molecule has 154 valence electrons. The summed E-state index contributed by atoms with van der Waals surface area (Å²) in [5.74, 6) is -4.96. The third-order valence-corrected chi connectivity index (χ3v) is 3.52. The maximum Gasteiger partial charge on any atom is 0.325 e.